The Balaban J connectivity index is 2.84. The van der Waals surface area contributed by atoms with Crippen molar-refractivity contribution in [2.24, 2.45) is 0 Å². The zero-order chi connectivity index (χ0) is 9.14. The normalized spacial score (nSPS) is 16.7. The van der Waals surface area contributed by atoms with E-state index in [1.165, 1.54) is 0 Å². The van der Waals surface area contributed by atoms with Gasteiger partial charge in [0.25, 0.3) is 0 Å². The average Bonchev–Trinajstić information content (AvgIpc) is 2.70. The molecule has 0 aromatic heterocycles. The lowest BCUT2D eigenvalue weighted by Crippen LogP contribution is -1.99. The summed E-state index contributed by atoms with van der Waals surface area (Å²) in [4.78, 5) is 1.91. The van der Waals surface area contributed by atoms with Gasteiger partial charge in [-0.05, 0) is 11.1 Å². The predicted molar refractivity (Wildman–Crippen MR) is 44.6 cm³/mol. The fourth-order valence-corrected chi connectivity index (χ4v) is 0.990. The second kappa shape index (κ2) is 3.11. The Labute approximate surface area is 71.8 Å². The molecule has 12 heavy (non-hydrogen) atoms. The van der Waals surface area contributed by atoms with Gasteiger partial charge in [-0.3, -0.25) is 0 Å². The monoisotopic (exact) mass is 159 g/mol. The quantitative estimate of drug-likeness (QED) is 0.540. The summed E-state index contributed by atoms with van der Waals surface area (Å²) < 4.78 is 0. The summed E-state index contributed by atoms with van der Waals surface area (Å²) in [5.41, 5.74) is 2.25. The molecule has 0 aliphatic heterocycles. The molecule has 0 aromatic carbocycles. The van der Waals surface area contributed by atoms with E-state index in [4.69, 9.17) is 10.5 Å². The highest BCUT2D eigenvalue weighted by Gasteiger charge is 2.25. The van der Waals surface area contributed by atoms with E-state index in [2.05, 4.69) is 0 Å². The van der Waals surface area contributed by atoms with Gasteiger partial charge in [-0.25, -0.2) is 0 Å². The van der Waals surface area contributed by atoms with Crippen LogP contribution in [-0.4, -0.2) is 19.0 Å². The van der Waals surface area contributed by atoms with Gasteiger partial charge in [-0.1, -0.05) is 0 Å². The van der Waals surface area contributed by atoms with Crippen molar-refractivity contribution in [3.05, 3.63) is 22.9 Å². The van der Waals surface area contributed by atoms with Crippen molar-refractivity contribution in [2.45, 2.75) is 6.42 Å². The predicted octanol–water partition coefficient (Wildman–Crippen LogP) is 1.18. The summed E-state index contributed by atoms with van der Waals surface area (Å²) >= 11 is 0. The van der Waals surface area contributed by atoms with Crippen LogP contribution in [0, 0.1) is 22.7 Å². The van der Waals surface area contributed by atoms with Gasteiger partial charge in [0.2, 0.25) is 0 Å². The number of hydrogen-bond donors (Lipinski definition) is 0. The van der Waals surface area contributed by atoms with E-state index in [1.807, 2.05) is 37.3 Å². The number of nitriles is 2. The van der Waals surface area contributed by atoms with Crippen LogP contribution in [0.3, 0.4) is 0 Å². The third-order valence-corrected chi connectivity index (χ3v) is 1.57. The third-order valence-electron chi connectivity index (χ3n) is 1.57. The van der Waals surface area contributed by atoms with E-state index in [9.17, 15) is 0 Å². The average molecular weight is 159 g/mol. The van der Waals surface area contributed by atoms with Gasteiger partial charge in [0, 0.05) is 26.7 Å². The Morgan fingerprint density at radius 2 is 2.00 bits per heavy atom. The van der Waals surface area contributed by atoms with Crippen molar-refractivity contribution in [1.82, 2.24) is 4.90 Å². The van der Waals surface area contributed by atoms with Crippen molar-refractivity contribution in [3.8, 4) is 12.1 Å². The highest BCUT2D eigenvalue weighted by Crippen LogP contribution is 2.39. The van der Waals surface area contributed by atoms with Crippen molar-refractivity contribution in [2.75, 3.05) is 14.1 Å². The first-order valence-corrected chi connectivity index (χ1v) is 3.60. The summed E-state index contributed by atoms with van der Waals surface area (Å²) in [5, 5.41) is 17.0. The molecule has 0 atom stereocenters. The Bertz CT molecular complexity index is 318. The largest absolute Gasteiger partial charge is 0.383 e. The maximum absolute atomic E-state index is 8.52. The van der Waals surface area contributed by atoms with Crippen LogP contribution in [-0.2, 0) is 0 Å². The van der Waals surface area contributed by atoms with Crippen molar-refractivity contribution < 1.29 is 0 Å². The second-order valence-electron chi connectivity index (χ2n) is 2.87. The molecular weight excluding hydrogens is 150 g/mol. The smallest absolute Gasteiger partial charge is 0.133 e. The lowest BCUT2D eigenvalue weighted by molar-refractivity contribution is 0.562. The summed E-state index contributed by atoms with van der Waals surface area (Å²) in [6, 6.07) is 3.75. The summed E-state index contributed by atoms with van der Waals surface area (Å²) in [5.74, 6) is 0. The third kappa shape index (κ3) is 1.65. The van der Waals surface area contributed by atoms with Gasteiger partial charge in [-0.15, -0.1) is 0 Å². The number of allylic oxidation sites excluding steroid dienone is 3. The molecule has 0 unspecified atom stereocenters. The zero-order valence-corrected chi connectivity index (χ0v) is 7.13. The molecular formula is C9H9N3. The van der Waals surface area contributed by atoms with Gasteiger partial charge in [0.1, 0.15) is 17.7 Å². The molecule has 0 saturated heterocycles. The van der Waals surface area contributed by atoms with Crippen LogP contribution < -0.4 is 0 Å². The molecule has 0 radical (unpaired) electrons. The SMILES string of the molecule is CN(C)/C=C1\CC1=C(C#N)C#N. The molecule has 1 saturated carbocycles. The van der Waals surface area contributed by atoms with Gasteiger partial charge in [0.15, 0.2) is 0 Å². The summed E-state index contributed by atoms with van der Waals surface area (Å²) in [6.07, 6.45) is 2.72. The molecule has 1 fully saturated rings. The lowest BCUT2D eigenvalue weighted by Gasteiger charge is -2.00. The number of hydrogen-bond acceptors (Lipinski definition) is 3. The first-order valence-electron chi connectivity index (χ1n) is 3.60. The molecule has 0 aromatic rings. The standard InChI is InChI=1S/C9H9N3/c1-12(2)6-7-3-9(7)8(4-10)5-11/h6H,3H2,1-2H3/b7-6+. The summed E-state index contributed by atoms with van der Waals surface area (Å²) in [7, 11) is 3.84. The Morgan fingerprint density at radius 3 is 2.42 bits per heavy atom. The Kier molecular flexibility index (Phi) is 2.16. The van der Waals surface area contributed by atoms with Gasteiger partial charge in [0.05, 0.1) is 0 Å². The fraction of sp³-hybridized carbons (Fsp3) is 0.333. The number of nitrogens with zero attached hydrogens (tertiary/aromatic N) is 3. The van der Waals surface area contributed by atoms with Crippen LogP contribution >= 0.6 is 0 Å². The molecule has 0 bridgehead atoms. The molecule has 1 rings (SSSR count). The fourth-order valence-electron chi connectivity index (χ4n) is 0.990. The van der Waals surface area contributed by atoms with E-state index in [-0.39, 0.29) is 5.57 Å². The van der Waals surface area contributed by atoms with Crippen LogP contribution in [0.2, 0.25) is 0 Å². The maximum Gasteiger partial charge on any atom is 0.133 e. The molecule has 3 heteroatoms. The molecule has 0 N–H and O–H groups in total. The van der Waals surface area contributed by atoms with E-state index in [0.717, 1.165) is 17.6 Å². The maximum atomic E-state index is 8.52. The first-order chi connectivity index (χ1) is 5.69. The molecule has 0 amide bonds. The Hall–Kier alpha value is -1.74. The molecule has 1 aliphatic carbocycles. The highest BCUT2D eigenvalue weighted by atomic mass is 15.0. The van der Waals surface area contributed by atoms with Gasteiger partial charge < -0.3 is 4.90 Å². The van der Waals surface area contributed by atoms with Crippen LogP contribution in [0.1, 0.15) is 6.42 Å². The van der Waals surface area contributed by atoms with E-state index >= 15 is 0 Å². The minimum atomic E-state index is 0.253. The second-order valence-corrected chi connectivity index (χ2v) is 2.87. The minimum Gasteiger partial charge on any atom is -0.383 e. The topological polar surface area (TPSA) is 50.8 Å². The van der Waals surface area contributed by atoms with Crippen molar-refractivity contribution in [1.29, 1.82) is 10.5 Å². The minimum absolute atomic E-state index is 0.253. The molecule has 0 heterocycles. The molecule has 0 spiro atoms. The molecule has 1 aliphatic rings. The van der Waals surface area contributed by atoms with Gasteiger partial charge in [-0.2, -0.15) is 10.5 Å². The summed E-state index contributed by atoms with van der Waals surface area (Å²) in [6.45, 7) is 0. The molecule has 3 nitrogen and oxygen atoms in total. The van der Waals surface area contributed by atoms with E-state index < -0.39 is 0 Å². The number of rotatable bonds is 1. The van der Waals surface area contributed by atoms with Crippen LogP contribution in [0.4, 0.5) is 0 Å². The zero-order valence-electron chi connectivity index (χ0n) is 7.13. The van der Waals surface area contributed by atoms with E-state index in [0.29, 0.717) is 0 Å². The van der Waals surface area contributed by atoms with Crippen LogP contribution in [0.25, 0.3) is 0 Å². The first kappa shape index (κ1) is 8.36. The van der Waals surface area contributed by atoms with Gasteiger partial charge >= 0.3 is 0 Å². The van der Waals surface area contributed by atoms with E-state index in [1.54, 1.807) is 0 Å². The van der Waals surface area contributed by atoms with Crippen LogP contribution in [0.5, 0.6) is 0 Å². The van der Waals surface area contributed by atoms with Crippen molar-refractivity contribution >= 4 is 0 Å². The molecule has 60 valence electrons. The Morgan fingerprint density at radius 1 is 1.42 bits per heavy atom. The highest BCUT2D eigenvalue weighted by molar-refractivity contribution is 5.60. The lowest BCUT2D eigenvalue weighted by atomic mass is 10.3. The van der Waals surface area contributed by atoms with Crippen molar-refractivity contribution in [3.63, 3.8) is 0 Å². The van der Waals surface area contributed by atoms with Crippen LogP contribution in [0.15, 0.2) is 22.9 Å².